The Kier molecular flexibility index (Phi) is 8.21. The summed E-state index contributed by atoms with van der Waals surface area (Å²) in [4.78, 5) is 36.2. The minimum Gasteiger partial charge on any atom is -0.467 e. The number of ketones is 1. The lowest BCUT2D eigenvalue weighted by Gasteiger charge is -2.22. The maximum Gasteiger partial charge on any atom is 0.408 e. The van der Waals surface area contributed by atoms with Crippen molar-refractivity contribution in [3.63, 3.8) is 0 Å². The number of alkyl carbamates (subject to hydrolysis) is 1. The highest BCUT2D eigenvalue weighted by Gasteiger charge is 2.27. The summed E-state index contributed by atoms with van der Waals surface area (Å²) in [5.74, 6) is -0.805. The van der Waals surface area contributed by atoms with Gasteiger partial charge in [0, 0.05) is 12.8 Å². The molecule has 6 heteroatoms. The third kappa shape index (κ3) is 8.55. The van der Waals surface area contributed by atoms with E-state index >= 15 is 0 Å². The normalized spacial score (nSPS) is 12.8. The number of carbonyl (C=O) groups is 3. The summed E-state index contributed by atoms with van der Waals surface area (Å²) < 4.78 is 9.83. The van der Waals surface area contributed by atoms with Crippen molar-refractivity contribution < 1.29 is 23.9 Å². The van der Waals surface area contributed by atoms with Crippen molar-refractivity contribution in [3.05, 3.63) is 35.4 Å². The Labute approximate surface area is 168 Å². The van der Waals surface area contributed by atoms with Gasteiger partial charge in [-0.1, -0.05) is 45.0 Å². The largest absolute Gasteiger partial charge is 0.467 e. The van der Waals surface area contributed by atoms with Gasteiger partial charge >= 0.3 is 12.1 Å². The molecular formula is C22H33NO5. The molecule has 0 saturated heterocycles. The molecule has 0 aliphatic heterocycles. The summed E-state index contributed by atoms with van der Waals surface area (Å²) in [6.07, 6.45) is -0.0398. The molecule has 0 heterocycles. The Hall–Kier alpha value is -2.37. The van der Waals surface area contributed by atoms with Crippen molar-refractivity contribution in [1.82, 2.24) is 5.32 Å². The lowest BCUT2D eigenvalue weighted by molar-refractivity contribution is -0.144. The molecule has 28 heavy (non-hydrogen) atoms. The number of methoxy groups -OCH3 is 1. The Morgan fingerprint density at radius 1 is 1.00 bits per heavy atom. The summed E-state index contributed by atoms with van der Waals surface area (Å²) in [7, 11) is 1.22. The van der Waals surface area contributed by atoms with E-state index in [0.717, 1.165) is 5.56 Å². The number of benzene rings is 1. The van der Waals surface area contributed by atoms with Gasteiger partial charge in [0.05, 0.1) is 7.11 Å². The second kappa shape index (κ2) is 9.71. The average Bonchev–Trinajstić information content (AvgIpc) is 2.56. The van der Waals surface area contributed by atoms with E-state index in [1.54, 1.807) is 20.8 Å². The Morgan fingerprint density at radius 3 is 2.04 bits per heavy atom. The number of rotatable bonds is 7. The van der Waals surface area contributed by atoms with E-state index in [1.807, 2.05) is 12.1 Å². The van der Waals surface area contributed by atoms with Crippen LogP contribution in [0.5, 0.6) is 0 Å². The van der Waals surface area contributed by atoms with Crippen molar-refractivity contribution in [2.24, 2.45) is 0 Å². The predicted molar refractivity (Wildman–Crippen MR) is 108 cm³/mol. The Bertz CT molecular complexity index is 680. The van der Waals surface area contributed by atoms with Crippen molar-refractivity contribution in [2.45, 2.75) is 77.9 Å². The van der Waals surface area contributed by atoms with Crippen LogP contribution >= 0.6 is 0 Å². The molecule has 1 rings (SSSR count). The molecule has 0 fully saturated rings. The molecule has 0 aliphatic rings. The maximum atomic E-state index is 12.3. The van der Waals surface area contributed by atoms with Gasteiger partial charge in [0.25, 0.3) is 0 Å². The van der Waals surface area contributed by atoms with E-state index in [4.69, 9.17) is 9.47 Å². The van der Waals surface area contributed by atoms with Crippen molar-refractivity contribution in [1.29, 1.82) is 0 Å². The Morgan fingerprint density at radius 2 is 1.57 bits per heavy atom. The molecule has 0 unspecified atom stereocenters. The molecular weight excluding hydrogens is 358 g/mol. The molecule has 6 nitrogen and oxygen atoms in total. The van der Waals surface area contributed by atoms with Crippen LogP contribution < -0.4 is 5.32 Å². The molecule has 1 aromatic carbocycles. The van der Waals surface area contributed by atoms with E-state index in [9.17, 15) is 14.4 Å². The standard InChI is InChI=1S/C22H33NO5/c1-21(2,3)16-11-8-15(9-12-16)10-13-17(24)14-18(19(25)27-7)23-20(26)28-22(4,5)6/h8-9,11-12,18H,10,13-14H2,1-7H3,(H,23,26)/t18-/m0/s1. The topological polar surface area (TPSA) is 81.7 Å². The fourth-order valence-electron chi connectivity index (χ4n) is 2.57. The van der Waals surface area contributed by atoms with Gasteiger partial charge in [-0.2, -0.15) is 0 Å². The number of aryl methyl sites for hydroxylation is 1. The summed E-state index contributed by atoms with van der Waals surface area (Å²) in [6.45, 7) is 11.6. The van der Waals surface area contributed by atoms with Crippen LogP contribution in [0.1, 0.15) is 65.5 Å². The SMILES string of the molecule is COC(=O)[C@H](CC(=O)CCc1ccc(C(C)(C)C)cc1)NC(=O)OC(C)(C)C. The number of Topliss-reactive ketones (excluding diaryl/α,β-unsaturated/α-hetero) is 1. The quantitative estimate of drug-likeness (QED) is 0.712. The van der Waals surface area contributed by atoms with Crippen LogP contribution in [0.4, 0.5) is 4.79 Å². The van der Waals surface area contributed by atoms with E-state index in [2.05, 4.69) is 38.2 Å². The summed E-state index contributed by atoms with van der Waals surface area (Å²) in [6, 6.07) is 7.12. The second-order valence-corrected chi connectivity index (χ2v) is 8.91. The first-order chi connectivity index (χ1) is 12.8. The molecule has 1 aromatic rings. The highest BCUT2D eigenvalue weighted by atomic mass is 16.6. The van der Waals surface area contributed by atoms with Gasteiger partial charge in [-0.15, -0.1) is 0 Å². The number of ether oxygens (including phenoxy) is 2. The molecule has 0 aromatic heterocycles. The summed E-state index contributed by atoms with van der Waals surface area (Å²) >= 11 is 0. The smallest absolute Gasteiger partial charge is 0.408 e. The molecule has 0 radical (unpaired) electrons. The maximum absolute atomic E-state index is 12.3. The van der Waals surface area contributed by atoms with Crippen LogP contribution in [0.3, 0.4) is 0 Å². The monoisotopic (exact) mass is 391 g/mol. The van der Waals surface area contributed by atoms with Gasteiger partial charge in [-0.25, -0.2) is 9.59 Å². The van der Waals surface area contributed by atoms with E-state index in [0.29, 0.717) is 6.42 Å². The minimum absolute atomic E-state index is 0.0788. The van der Waals surface area contributed by atoms with Gasteiger partial charge in [-0.3, -0.25) is 4.79 Å². The van der Waals surface area contributed by atoms with Crippen molar-refractivity contribution in [3.8, 4) is 0 Å². The third-order valence-electron chi connectivity index (χ3n) is 4.12. The Balaban J connectivity index is 2.63. The first kappa shape index (κ1) is 23.7. The summed E-state index contributed by atoms with van der Waals surface area (Å²) in [5, 5.41) is 2.42. The van der Waals surface area contributed by atoms with Crippen LogP contribution in [-0.2, 0) is 30.9 Å². The highest BCUT2D eigenvalue weighted by Crippen LogP contribution is 2.22. The molecule has 1 amide bonds. The average molecular weight is 392 g/mol. The molecule has 0 spiro atoms. The highest BCUT2D eigenvalue weighted by molar-refractivity contribution is 5.89. The molecule has 1 N–H and O–H groups in total. The number of hydrogen-bond acceptors (Lipinski definition) is 5. The first-order valence-electron chi connectivity index (χ1n) is 9.50. The molecule has 0 aliphatic carbocycles. The fourth-order valence-corrected chi connectivity index (χ4v) is 2.57. The lowest BCUT2D eigenvalue weighted by Crippen LogP contribution is -2.45. The number of carbonyl (C=O) groups excluding carboxylic acids is 3. The zero-order valence-corrected chi connectivity index (χ0v) is 18.0. The van der Waals surface area contributed by atoms with Gasteiger partial charge in [0.1, 0.15) is 17.4 Å². The predicted octanol–water partition coefficient (Wildman–Crippen LogP) is 3.94. The van der Waals surface area contributed by atoms with Crippen molar-refractivity contribution >= 4 is 17.8 Å². The van der Waals surface area contributed by atoms with Gasteiger partial charge < -0.3 is 14.8 Å². The second-order valence-electron chi connectivity index (χ2n) is 8.91. The first-order valence-corrected chi connectivity index (χ1v) is 9.50. The van der Waals surface area contributed by atoms with Gasteiger partial charge in [0.2, 0.25) is 0 Å². The number of hydrogen-bond donors (Lipinski definition) is 1. The molecule has 156 valence electrons. The fraction of sp³-hybridized carbons (Fsp3) is 0.591. The molecule has 0 saturated carbocycles. The van der Waals surface area contributed by atoms with Crippen molar-refractivity contribution in [2.75, 3.05) is 7.11 Å². The van der Waals surface area contributed by atoms with Crippen LogP contribution in [0, 0.1) is 0 Å². The third-order valence-corrected chi connectivity index (χ3v) is 4.12. The van der Waals surface area contributed by atoms with Crippen LogP contribution in [0.2, 0.25) is 0 Å². The number of nitrogens with one attached hydrogen (secondary N) is 1. The minimum atomic E-state index is -1.06. The molecule has 0 bridgehead atoms. The number of amides is 1. The summed E-state index contributed by atoms with van der Waals surface area (Å²) in [5.41, 5.74) is 1.66. The van der Waals surface area contributed by atoms with Gasteiger partial charge in [0.15, 0.2) is 0 Å². The van der Waals surface area contributed by atoms with Crippen LogP contribution in [0.25, 0.3) is 0 Å². The van der Waals surface area contributed by atoms with Gasteiger partial charge in [-0.05, 0) is 43.7 Å². The lowest BCUT2D eigenvalue weighted by atomic mass is 9.86. The van der Waals surface area contributed by atoms with E-state index in [1.165, 1.54) is 12.7 Å². The van der Waals surface area contributed by atoms with Crippen LogP contribution in [-0.4, -0.2) is 36.6 Å². The zero-order valence-electron chi connectivity index (χ0n) is 18.0. The zero-order chi connectivity index (χ0) is 21.5. The van der Waals surface area contributed by atoms with Crippen LogP contribution in [0.15, 0.2) is 24.3 Å². The van der Waals surface area contributed by atoms with E-state index < -0.39 is 23.7 Å². The molecule has 1 atom stereocenters. The number of esters is 1. The van der Waals surface area contributed by atoms with E-state index in [-0.39, 0.29) is 24.0 Å².